The molecule has 2 heterocycles. The summed E-state index contributed by atoms with van der Waals surface area (Å²) in [6.07, 6.45) is 1.67. The van der Waals surface area contributed by atoms with Crippen molar-refractivity contribution in [1.29, 1.82) is 0 Å². The molecule has 16 heavy (non-hydrogen) atoms. The summed E-state index contributed by atoms with van der Waals surface area (Å²) >= 11 is 1.58. The molecule has 0 spiro atoms. The Kier molecular flexibility index (Phi) is 3.37. The number of thioether (sulfide) groups is 1. The van der Waals surface area contributed by atoms with Crippen LogP contribution in [0.25, 0.3) is 0 Å². The maximum Gasteiger partial charge on any atom is 0.191 e. The Morgan fingerprint density at radius 2 is 2.38 bits per heavy atom. The molecular formula is C9H12N6S. The van der Waals surface area contributed by atoms with Gasteiger partial charge in [0.15, 0.2) is 5.16 Å². The zero-order valence-electron chi connectivity index (χ0n) is 8.79. The lowest BCUT2D eigenvalue weighted by Crippen LogP contribution is -2.08. The van der Waals surface area contributed by atoms with E-state index in [1.54, 1.807) is 18.1 Å². The number of hydrogen-bond acceptors (Lipinski definition) is 6. The van der Waals surface area contributed by atoms with Crippen LogP contribution in [0.2, 0.25) is 0 Å². The molecule has 0 saturated carbocycles. The number of nitrogens with one attached hydrogen (secondary N) is 1. The van der Waals surface area contributed by atoms with Crippen molar-refractivity contribution in [3.63, 3.8) is 0 Å². The molecule has 3 N–H and O–H groups in total. The van der Waals surface area contributed by atoms with Crippen LogP contribution in [0.15, 0.2) is 29.7 Å². The lowest BCUT2D eigenvalue weighted by molar-refractivity contribution is 0.788. The van der Waals surface area contributed by atoms with Gasteiger partial charge in [0.2, 0.25) is 0 Å². The van der Waals surface area contributed by atoms with Crippen molar-refractivity contribution in [2.75, 3.05) is 5.43 Å². The topological polar surface area (TPSA) is 81.7 Å². The zero-order valence-corrected chi connectivity index (χ0v) is 9.61. The molecule has 0 amide bonds. The number of anilines is 1. The van der Waals surface area contributed by atoms with Gasteiger partial charge >= 0.3 is 0 Å². The van der Waals surface area contributed by atoms with Crippen LogP contribution < -0.4 is 11.3 Å². The molecule has 2 aromatic rings. The predicted molar refractivity (Wildman–Crippen MR) is 62.6 cm³/mol. The Morgan fingerprint density at radius 3 is 3.06 bits per heavy atom. The van der Waals surface area contributed by atoms with Gasteiger partial charge < -0.3 is 9.99 Å². The fraction of sp³-hybridized carbons (Fsp3) is 0.222. The van der Waals surface area contributed by atoms with Gasteiger partial charge in [-0.3, -0.25) is 0 Å². The van der Waals surface area contributed by atoms with Crippen LogP contribution in [0.5, 0.6) is 0 Å². The molecule has 7 heteroatoms. The average molecular weight is 236 g/mol. The van der Waals surface area contributed by atoms with Crippen molar-refractivity contribution in [1.82, 2.24) is 19.7 Å². The molecule has 0 atom stereocenters. The monoisotopic (exact) mass is 236 g/mol. The molecule has 0 fully saturated rings. The molecular weight excluding hydrogens is 224 g/mol. The molecule has 84 valence electrons. The zero-order chi connectivity index (χ0) is 11.4. The summed E-state index contributed by atoms with van der Waals surface area (Å²) in [5.41, 5.74) is 3.47. The van der Waals surface area contributed by atoms with E-state index in [0.717, 1.165) is 16.6 Å². The maximum atomic E-state index is 5.29. The van der Waals surface area contributed by atoms with Crippen molar-refractivity contribution < 1.29 is 0 Å². The molecule has 0 aromatic carbocycles. The van der Waals surface area contributed by atoms with Crippen molar-refractivity contribution in [2.45, 2.75) is 10.9 Å². The van der Waals surface area contributed by atoms with Gasteiger partial charge in [-0.15, -0.1) is 10.2 Å². The second kappa shape index (κ2) is 4.95. The van der Waals surface area contributed by atoms with Gasteiger partial charge in [0, 0.05) is 12.8 Å². The van der Waals surface area contributed by atoms with E-state index in [9.17, 15) is 0 Å². The molecule has 0 saturated heterocycles. The quantitative estimate of drug-likeness (QED) is 0.464. The Morgan fingerprint density at radius 1 is 1.50 bits per heavy atom. The van der Waals surface area contributed by atoms with Gasteiger partial charge in [0.05, 0.1) is 5.69 Å². The number of hydrazine groups is 1. The molecule has 2 rings (SSSR count). The number of nitrogens with two attached hydrogens (primary N) is 1. The van der Waals surface area contributed by atoms with E-state index in [1.165, 1.54) is 0 Å². The van der Waals surface area contributed by atoms with Gasteiger partial charge in [-0.1, -0.05) is 17.8 Å². The third-order valence-corrected chi connectivity index (χ3v) is 3.04. The fourth-order valence-corrected chi connectivity index (χ4v) is 1.98. The van der Waals surface area contributed by atoms with Gasteiger partial charge in [-0.2, -0.15) is 0 Å². The van der Waals surface area contributed by atoms with Crippen LogP contribution in [0.4, 0.5) is 5.82 Å². The van der Waals surface area contributed by atoms with E-state index in [1.807, 2.05) is 29.8 Å². The predicted octanol–water partition coefficient (Wildman–Crippen LogP) is 0.788. The number of aryl methyl sites for hydroxylation is 1. The summed E-state index contributed by atoms with van der Waals surface area (Å²) in [5.74, 6) is 6.69. The van der Waals surface area contributed by atoms with Crippen LogP contribution in [0, 0.1) is 0 Å². The first-order valence-electron chi connectivity index (χ1n) is 4.69. The average Bonchev–Trinajstić information content (AvgIpc) is 2.72. The number of rotatable bonds is 4. The van der Waals surface area contributed by atoms with Crippen LogP contribution >= 0.6 is 11.8 Å². The molecule has 0 aliphatic carbocycles. The molecule has 0 radical (unpaired) electrons. The minimum absolute atomic E-state index is 0.663. The Balaban J connectivity index is 2.02. The summed E-state index contributed by atoms with van der Waals surface area (Å²) in [6.45, 7) is 0. The number of pyridine rings is 1. The second-order valence-corrected chi connectivity index (χ2v) is 4.11. The Labute approximate surface area is 97.2 Å². The SMILES string of the molecule is Cn1cnnc1SCc1cccc(NN)n1. The minimum atomic E-state index is 0.663. The van der Waals surface area contributed by atoms with Gasteiger partial charge in [-0.05, 0) is 12.1 Å². The summed E-state index contributed by atoms with van der Waals surface area (Å²) in [6, 6.07) is 5.68. The molecule has 6 nitrogen and oxygen atoms in total. The number of nitrogen functional groups attached to an aromatic ring is 1. The Bertz CT molecular complexity index is 469. The van der Waals surface area contributed by atoms with E-state index in [4.69, 9.17) is 5.84 Å². The van der Waals surface area contributed by atoms with Crippen molar-refractivity contribution >= 4 is 17.6 Å². The minimum Gasteiger partial charge on any atom is -0.312 e. The third kappa shape index (κ3) is 2.50. The standard InChI is InChI=1S/C9H12N6S/c1-15-6-11-14-9(15)16-5-7-3-2-4-8(12-7)13-10/h2-4,6H,5,10H2,1H3,(H,12,13). The highest BCUT2D eigenvalue weighted by Crippen LogP contribution is 2.19. The second-order valence-electron chi connectivity index (χ2n) is 3.17. The van der Waals surface area contributed by atoms with Crippen LogP contribution in [0.1, 0.15) is 5.69 Å². The first kappa shape index (κ1) is 10.9. The van der Waals surface area contributed by atoms with E-state index in [2.05, 4.69) is 20.6 Å². The Hall–Kier alpha value is -1.60. The van der Waals surface area contributed by atoms with Crippen LogP contribution in [-0.2, 0) is 12.8 Å². The number of hydrogen-bond donors (Lipinski definition) is 2. The van der Waals surface area contributed by atoms with E-state index in [-0.39, 0.29) is 0 Å². The smallest absolute Gasteiger partial charge is 0.191 e. The highest BCUT2D eigenvalue weighted by atomic mass is 32.2. The van der Waals surface area contributed by atoms with Gasteiger partial charge in [0.1, 0.15) is 12.1 Å². The fourth-order valence-electron chi connectivity index (χ4n) is 1.18. The highest BCUT2D eigenvalue weighted by Gasteiger charge is 2.03. The van der Waals surface area contributed by atoms with Crippen molar-refractivity contribution in [3.8, 4) is 0 Å². The third-order valence-electron chi connectivity index (χ3n) is 1.97. The van der Waals surface area contributed by atoms with Gasteiger partial charge in [-0.25, -0.2) is 10.8 Å². The maximum absolute atomic E-state index is 5.29. The molecule has 0 aliphatic heterocycles. The summed E-state index contributed by atoms with van der Waals surface area (Å²) < 4.78 is 1.87. The molecule has 2 aromatic heterocycles. The van der Waals surface area contributed by atoms with Crippen LogP contribution in [-0.4, -0.2) is 19.7 Å². The van der Waals surface area contributed by atoms with E-state index >= 15 is 0 Å². The highest BCUT2D eigenvalue weighted by molar-refractivity contribution is 7.98. The molecule has 0 unspecified atom stereocenters. The van der Waals surface area contributed by atoms with Crippen molar-refractivity contribution in [3.05, 3.63) is 30.2 Å². The number of aromatic nitrogens is 4. The summed E-state index contributed by atoms with van der Waals surface area (Å²) in [4.78, 5) is 4.31. The summed E-state index contributed by atoms with van der Waals surface area (Å²) in [7, 11) is 1.91. The number of nitrogens with zero attached hydrogens (tertiary/aromatic N) is 4. The van der Waals surface area contributed by atoms with E-state index < -0.39 is 0 Å². The summed E-state index contributed by atoms with van der Waals surface area (Å²) in [5, 5.41) is 8.66. The van der Waals surface area contributed by atoms with Crippen LogP contribution in [0.3, 0.4) is 0 Å². The first-order valence-corrected chi connectivity index (χ1v) is 5.67. The van der Waals surface area contributed by atoms with Crippen molar-refractivity contribution in [2.24, 2.45) is 12.9 Å². The van der Waals surface area contributed by atoms with E-state index in [0.29, 0.717) is 5.82 Å². The first-order chi connectivity index (χ1) is 7.79. The van der Waals surface area contributed by atoms with Gasteiger partial charge in [0.25, 0.3) is 0 Å². The molecule has 0 aliphatic rings. The lowest BCUT2D eigenvalue weighted by Gasteiger charge is -2.03. The normalized spacial score (nSPS) is 10.4. The molecule has 0 bridgehead atoms. The lowest BCUT2D eigenvalue weighted by atomic mass is 10.4. The largest absolute Gasteiger partial charge is 0.312 e.